The molecule has 1 amide bonds. The van der Waals surface area contributed by atoms with Gasteiger partial charge in [-0.25, -0.2) is 8.42 Å². The van der Waals surface area contributed by atoms with Gasteiger partial charge in [-0.1, -0.05) is 18.2 Å². The Hall–Kier alpha value is -3.52. The Kier molecular flexibility index (Phi) is 6.81. The number of methoxy groups -OCH3 is 2. The molecule has 31 heavy (non-hydrogen) atoms. The number of sulfonamides is 1. The third kappa shape index (κ3) is 5.16. The quantitative estimate of drug-likeness (QED) is 0.580. The first-order valence-electron chi connectivity index (χ1n) is 9.49. The summed E-state index contributed by atoms with van der Waals surface area (Å²) in [5.74, 6) is 0.968. The van der Waals surface area contributed by atoms with Gasteiger partial charge in [0.15, 0.2) is 0 Å². The number of rotatable bonds is 8. The lowest BCUT2D eigenvalue weighted by Gasteiger charge is -2.20. The number of ether oxygens (including phenoxy) is 2. The summed E-state index contributed by atoms with van der Waals surface area (Å²) in [7, 11) is 0.758. The molecule has 0 atom stereocenters. The number of carbonyl (C=O) groups is 1. The highest BCUT2D eigenvalue weighted by Gasteiger charge is 2.22. The van der Waals surface area contributed by atoms with Gasteiger partial charge in [-0.2, -0.15) is 0 Å². The lowest BCUT2D eigenvalue weighted by Crippen LogP contribution is -2.27. The summed E-state index contributed by atoms with van der Waals surface area (Å²) in [5.41, 5.74) is 1.63. The van der Waals surface area contributed by atoms with E-state index in [4.69, 9.17) is 9.47 Å². The molecule has 0 heterocycles. The van der Waals surface area contributed by atoms with Crippen molar-refractivity contribution >= 4 is 21.6 Å². The van der Waals surface area contributed by atoms with Gasteiger partial charge >= 0.3 is 0 Å². The molecule has 7 nitrogen and oxygen atoms in total. The monoisotopic (exact) mass is 440 g/mol. The van der Waals surface area contributed by atoms with E-state index >= 15 is 0 Å². The zero-order valence-electron chi connectivity index (χ0n) is 17.5. The summed E-state index contributed by atoms with van der Waals surface area (Å²) in [6.07, 6.45) is 0. The van der Waals surface area contributed by atoms with Crippen molar-refractivity contribution in [3.8, 4) is 11.5 Å². The summed E-state index contributed by atoms with van der Waals surface area (Å²) in [5, 5.41) is 2.84. The van der Waals surface area contributed by atoms with Crippen molar-refractivity contribution in [1.82, 2.24) is 5.32 Å². The van der Waals surface area contributed by atoms with Crippen molar-refractivity contribution in [2.75, 3.05) is 25.6 Å². The second-order valence-electron chi connectivity index (χ2n) is 6.73. The molecular weight excluding hydrogens is 416 g/mol. The largest absolute Gasteiger partial charge is 0.497 e. The van der Waals surface area contributed by atoms with Crippen molar-refractivity contribution in [2.24, 2.45) is 0 Å². The number of nitrogens with one attached hydrogen (secondary N) is 1. The van der Waals surface area contributed by atoms with Crippen LogP contribution in [0.25, 0.3) is 0 Å². The third-order valence-corrected chi connectivity index (χ3v) is 6.58. The molecule has 3 aromatic carbocycles. The number of anilines is 1. The Balaban J connectivity index is 1.75. The summed E-state index contributed by atoms with van der Waals surface area (Å²) in [6, 6.07) is 20.0. The van der Waals surface area contributed by atoms with Gasteiger partial charge in [0.2, 0.25) is 0 Å². The van der Waals surface area contributed by atoms with Crippen LogP contribution in [0.5, 0.6) is 11.5 Å². The maximum absolute atomic E-state index is 13.0. The van der Waals surface area contributed by atoms with Crippen LogP contribution in [0, 0.1) is 0 Å². The average molecular weight is 441 g/mol. The fourth-order valence-corrected chi connectivity index (χ4v) is 4.14. The average Bonchev–Trinajstić information content (AvgIpc) is 2.82. The van der Waals surface area contributed by atoms with E-state index in [-0.39, 0.29) is 10.8 Å². The number of amides is 1. The van der Waals surface area contributed by atoms with Gasteiger partial charge in [0.1, 0.15) is 11.5 Å². The Labute approximate surface area is 182 Å². The van der Waals surface area contributed by atoms with Gasteiger partial charge in [-0.05, 0) is 60.2 Å². The molecule has 1 N–H and O–H groups in total. The van der Waals surface area contributed by atoms with E-state index in [1.165, 1.54) is 26.3 Å². The van der Waals surface area contributed by atoms with Gasteiger partial charge in [-0.15, -0.1) is 0 Å². The van der Waals surface area contributed by atoms with Crippen LogP contribution in [0.15, 0.2) is 77.7 Å². The maximum atomic E-state index is 13.0. The summed E-state index contributed by atoms with van der Waals surface area (Å²) in [6.45, 7) is 0.320. The third-order valence-electron chi connectivity index (χ3n) is 4.78. The number of carbonyl (C=O) groups excluding carboxylic acids is 1. The molecule has 0 radical (unpaired) electrons. The molecule has 3 rings (SSSR count). The highest BCUT2D eigenvalue weighted by Crippen LogP contribution is 2.24. The minimum atomic E-state index is -3.79. The lowest BCUT2D eigenvalue weighted by molar-refractivity contribution is 0.0951. The molecule has 0 unspecified atom stereocenters. The zero-order valence-corrected chi connectivity index (χ0v) is 18.3. The maximum Gasteiger partial charge on any atom is 0.264 e. The van der Waals surface area contributed by atoms with Crippen LogP contribution in [0.1, 0.15) is 15.9 Å². The highest BCUT2D eigenvalue weighted by molar-refractivity contribution is 7.92. The lowest BCUT2D eigenvalue weighted by atomic mass is 10.1. The molecule has 0 aliphatic carbocycles. The van der Waals surface area contributed by atoms with E-state index < -0.39 is 10.0 Å². The van der Waals surface area contributed by atoms with Gasteiger partial charge in [0.05, 0.1) is 24.8 Å². The zero-order chi connectivity index (χ0) is 22.4. The highest BCUT2D eigenvalue weighted by atomic mass is 32.2. The van der Waals surface area contributed by atoms with Crippen molar-refractivity contribution in [2.45, 2.75) is 11.4 Å². The fourth-order valence-electron chi connectivity index (χ4n) is 2.95. The first-order valence-corrected chi connectivity index (χ1v) is 10.9. The van der Waals surface area contributed by atoms with Crippen molar-refractivity contribution in [3.63, 3.8) is 0 Å². The van der Waals surface area contributed by atoms with Gasteiger partial charge < -0.3 is 14.8 Å². The predicted octanol–water partition coefficient (Wildman–Crippen LogP) is 3.46. The van der Waals surface area contributed by atoms with Crippen molar-refractivity contribution in [1.29, 1.82) is 0 Å². The SMILES string of the molecule is COc1ccc(S(=O)(=O)N(C)c2cccc(C(=O)NCc3cccc(OC)c3)c2)cc1. The summed E-state index contributed by atoms with van der Waals surface area (Å²) in [4.78, 5) is 12.7. The van der Waals surface area contributed by atoms with Crippen LogP contribution in [0.3, 0.4) is 0 Å². The molecule has 8 heteroatoms. The fraction of sp³-hybridized carbons (Fsp3) is 0.174. The molecule has 0 saturated carbocycles. The van der Waals surface area contributed by atoms with Crippen LogP contribution < -0.4 is 19.1 Å². The molecule has 162 valence electrons. The molecule has 0 aliphatic heterocycles. The standard InChI is InChI=1S/C23H24N2O5S/c1-25(31(27,28)22-12-10-20(29-2)11-13-22)19-8-5-7-18(15-19)23(26)24-16-17-6-4-9-21(14-17)30-3/h4-15H,16H2,1-3H3,(H,24,26). The van der Waals surface area contributed by atoms with E-state index in [1.54, 1.807) is 43.5 Å². The minimum Gasteiger partial charge on any atom is -0.497 e. The molecule has 3 aromatic rings. The van der Waals surface area contributed by atoms with Crippen molar-refractivity contribution < 1.29 is 22.7 Å². The smallest absolute Gasteiger partial charge is 0.264 e. The molecule has 0 aromatic heterocycles. The van der Waals surface area contributed by atoms with E-state index in [1.807, 2.05) is 24.3 Å². The molecule has 0 aliphatic rings. The normalized spacial score (nSPS) is 10.9. The first kappa shape index (κ1) is 22.2. The number of hydrogen-bond acceptors (Lipinski definition) is 5. The van der Waals surface area contributed by atoms with Crippen LogP contribution in [0.2, 0.25) is 0 Å². The summed E-state index contributed by atoms with van der Waals surface area (Å²) >= 11 is 0. The van der Waals surface area contributed by atoms with Crippen molar-refractivity contribution in [3.05, 3.63) is 83.9 Å². The van der Waals surface area contributed by atoms with E-state index in [0.29, 0.717) is 29.3 Å². The number of hydrogen-bond donors (Lipinski definition) is 1. The molecule has 0 fully saturated rings. The predicted molar refractivity (Wildman–Crippen MR) is 119 cm³/mol. The van der Waals surface area contributed by atoms with E-state index in [0.717, 1.165) is 9.87 Å². The Morgan fingerprint density at radius 2 is 1.58 bits per heavy atom. The van der Waals surface area contributed by atoms with Crippen LogP contribution in [0.4, 0.5) is 5.69 Å². The number of benzene rings is 3. The Morgan fingerprint density at radius 1 is 0.903 bits per heavy atom. The van der Waals surface area contributed by atoms with Crippen LogP contribution in [-0.2, 0) is 16.6 Å². The van der Waals surface area contributed by atoms with Crippen LogP contribution >= 0.6 is 0 Å². The Bertz CT molecular complexity index is 1160. The van der Waals surface area contributed by atoms with E-state index in [9.17, 15) is 13.2 Å². The molecule has 0 saturated heterocycles. The van der Waals surface area contributed by atoms with Crippen LogP contribution in [-0.4, -0.2) is 35.6 Å². The molecule has 0 bridgehead atoms. The second kappa shape index (κ2) is 9.53. The van der Waals surface area contributed by atoms with Gasteiger partial charge in [0.25, 0.3) is 15.9 Å². The molecule has 0 spiro atoms. The second-order valence-corrected chi connectivity index (χ2v) is 8.70. The van der Waals surface area contributed by atoms with Gasteiger partial charge in [0, 0.05) is 19.2 Å². The minimum absolute atomic E-state index is 0.128. The van der Waals surface area contributed by atoms with Gasteiger partial charge in [-0.3, -0.25) is 9.10 Å². The molecular formula is C23H24N2O5S. The topological polar surface area (TPSA) is 84.9 Å². The first-order chi connectivity index (χ1) is 14.8. The Morgan fingerprint density at radius 3 is 2.26 bits per heavy atom. The summed E-state index contributed by atoms with van der Waals surface area (Å²) < 4.78 is 37.3. The van der Waals surface area contributed by atoms with E-state index in [2.05, 4.69) is 5.32 Å². The number of nitrogens with zero attached hydrogens (tertiary/aromatic N) is 1.